The van der Waals surface area contributed by atoms with E-state index in [0.717, 1.165) is 5.01 Å². The van der Waals surface area contributed by atoms with Gasteiger partial charge in [0.15, 0.2) is 5.78 Å². The van der Waals surface area contributed by atoms with E-state index in [2.05, 4.69) is 10.4 Å². The molecular weight excluding hydrogens is 437 g/mol. The molecule has 0 spiro atoms. The highest BCUT2D eigenvalue weighted by Gasteiger charge is 2.33. The Morgan fingerprint density at radius 2 is 1.97 bits per heavy atom. The number of urea groups is 1. The molecule has 2 heterocycles. The highest BCUT2D eigenvalue weighted by Crippen LogP contribution is 2.27. The lowest BCUT2D eigenvalue weighted by Gasteiger charge is -2.21. The molecule has 0 fully saturated rings. The van der Waals surface area contributed by atoms with Crippen LogP contribution in [0.1, 0.15) is 18.4 Å². The minimum Gasteiger partial charge on any atom is -0.351 e. The standard InChI is InChI=1S/C22H19ClFN5O3/c23-15-6-3-4-13(20(15)24)8-9-19(30)18-10-11-26-29(18)22(32)27-16-12-28(21(25)31)17-7-2-1-5-14(16)17/h1-7,11-12,18H,8-10H2,(H2,25,31)(H,27,32)/t18-/m0/s1. The van der Waals surface area contributed by atoms with E-state index in [9.17, 15) is 18.8 Å². The first-order valence-electron chi connectivity index (χ1n) is 9.85. The van der Waals surface area contributed by atoms with E-state index in [1.807, 2.05) is 0 Å². The summed E-state index contributed by atoms with van der Waals surface area (Å²) in [7, 11) is 0. The van der Waals surface area contributed by atoms with Crippen molar-refractivity contribution in [1.82, 2.24) is 9.58 Å². The summed E-state index contributed by atoms with van der Waals surface area (Å²) in [6, 6.07) is 9.44. The fourth-order valence-corrected chi connectivity index (χ4v) is 3.87. The Labute approximate surface area is 187 Å². The van der Waals surface area contributed by atoms with E-state index in [1.165, 1.54) is 23.0 Å². The second-order valence-electron chi connectivity index (χ2n) is 7.27. The molecule has 0 saturated carbocycles. The number of nitrogens with two attached hydrogens (primary N) is 1. The summed E-state index contributed by atoms with van der Waals surface area (Å²) in [4.78, 5) is 37.3. The van der Waals surface area contributed by atoms with Crippen molar-refractivity contribution in [2.24, 2.45) is 10.8 Å². The van der Waals surface area contributed by atoms with E-state index >= 15 is 0 Å². The van der Waals surface area contributed by atoms with Gasteiger partial charge >= 0.3 is 12.1 Å². The van der Waals surface area contributed by atoms with Crippen molar-refractivity contribution in [2.45, 2.75) is 25.3 Å². The molecule has 10 heteroatoms. The number of rotatable bonds is 5. The van der Waals surface area contributed by atoms with Crippen LogP contribution in [0.2, 0.25) is 5.02 Å². The number of anilines is 1. The molecule has 3 N–H and O–H groups in total. The highest BCUT2D eigenvalue weighted by molar-refractivity contribution is 6.30. The van der Waals surface area contributed by atoms with E-state index in [-0.39, 0.29) is 30.1 Å². The van der Waals surface area contributed by atoms with Gasteiger partial charge in [0.25, 0.3) is 0 Å². The molecule has 3 amide bonds. The number of hydrogen-bond donors (Lipinski definition) is 2. The molecule has 1 aliphatic heterocycles. The molecule has 0 aliphatic carbocycles. The predicted octanol–water partition coefficient (Wildman–Crippen LogP) is 4.15. The fraction of sp³-hybridized carbons (Fsp3) is 0.182. The first-order chi connectivity index (χ1) is 15.4. The molecule has 2 aromatic carbocycles. The van der Waals surface area contributed by atoms with Gasteiger partial charge in [-0.15, -0.1) is 0 Å². The van der Waals surface area contributed by atoms with Crippen LogP contribution in [0.4, 0.5) is 19.7 Å². The number of carbonyl (C=O) groups excluding carboxylic acids is 3. The first-order valence-corrected chi connectivity index (χ1v) is 10.2. The Bertz CT molecular complexity index is 1260. The zero-order valence-electron chi connectivity index (χ0n) is 16.8. The first kappa shape index (κ1) is 21.5. The van der Waals surface area contributed by atoms with Crippen molar-refractivity contribution in [1.29, 1.82) is 0 Å². The van der Waals surface area contributed by atoms with Crippen LogP contribution in [0.15, 0.2) is 53.8 Å². The smallest absolute Gasteiger partial charge is 0.343 e. The van der Waals surface area contributed by atoms with Crippen LogP contribution >= 0.6 is 11.6 Å². The summed E-state index contributed by atoms with van der Waals surface area (Å²) in [6.45, 7) is 0. The van der Waals surface area contributed by atoms with E-state index < -0.39 is 23.9 Å². The summed E-state index contributed by atoms with van der Waals surface area (Å²) in [5, 5.41) is 8.39. The fourth-order valence-electron chi connectivity index (χ4n) is 3.68. The molecule has 4 rings (SSSR count). The minimum absolute atomic E-state index is 0.00437. The molecule has 0 bridgehead atoms. The van der Waals surface area contributed by atoms with Gasteiger partial charge in [-0.1, -0.05) is 41.9 Å². The summed E-state index contributed by atoms with van der Waals surface area (Å²) in [6.07, 6.45) is 3.34. The molecular formula is C22H19ClFN5O3. The van der Waals surface area contributed by atoms with Crippen molar-refractivity contribution in [3.8, 4) is 0 Å². The SMILES string of the molecule is NC(=O)n1cc(NC(=O)N2N=CC[C@H]2C(=O)CCc2cccc(Cl)c2F)c2ccccc21. The number of nitrogens with zero attached hydrogens (tertiary/aromatic N) is 3. The molecule has 1 aromatic heterocycles. The van der Waals surface area contributed by atoms with E-state index in [4.69, 9.17) is 17.3 Å². The number of primary amides is 1. The number of fused-ring (bicyclic) bond motifs is 1. The lowest BCUT2D eigenvalue weighted by atomic mass is 10.0. The number of hydrazone groups is 1. The lowest BCUT2D eigenvalue weighted by molar-refractivity contribution is -0.122. The predicted molar refractivity (Wildman–Crippen MR) is 119 cm³/mol. The maximum Gasteiger partial charge on any atom is 0.343 e. The van der Waals surface area contributed by atoms with Crippen LogP contribution in [-0.4, -0.2) is 39.7 Å². The molecule has 32 heavy (non-hydrogen) atoms. The molecule has 0 saturated heterocycles. The molecule has 0 radical (unpaired) electrons. The van der Waals surface area contributed by atoms with Gasteiger partial charge < -0.3 is 11.1 Å². The van der Waals surface area contributed by atoms with E-state index in [0.29, 0.717) is 22.2 Å². The maximum atomic E-state index is 14.1. The summed E-state index contributed by atoms with van der Waals surface area (Å²) < 4.78 is 15.3. The molecule has 3 aromatic rings. The number of aryl methyl sites for hydroxylation is 1. The van der Waals surface area contributed by atoms with Crippen LogP contribution in [0.25, 0.3) is 10.9 Å². The van der Waals surface area contributed by atoms with Crippen molar-refractivity contribution in [3.05, 3.63) is 65.1 Å². The normalized spacial score (nSPS) is 15.3. The number of halogens is 2. The van der Waals surface area contributed by atoms with Crippen LogP contribution in [0.3, 0.4) is 0 Å². The quantitative estimate of drug-likeness (QED) is 0.602. The number of para-hydroxylation sites is 1. The monoisotopic (exact) mass is 455 g/mol. The molecule has 0 unspecified atom stereocenters. The van der Waals surface area contributed by atoms with Crippen LogP contribution < -0.4 is 11.1 Å². The van der Waals surface area contributed by atoms with Gasteiger partial charge in [0.2, 0.25) is 0 Å². The number of nitrogens with one attached hydrogen (secondary N) is 1. The largest absolute Gasteiger partial charge is 0.351 e. The number of carbonyl (C=O) groups is 3. The van der Waals surface area contributed by atoms with Crippen molar-refractivity contribution >= 4 is 52.3 Å². The van der Waals surface area contributed by atoms with Crippen LogP contribution in [0.5, 0.6) is 0 Å². The highest BCUT2D eigenvalue weighted by atomic mass is 35.5. The van der Waals surface area contributed by atoms with Gasteiger partial charge in [-0.05, 0) is 24.1 Å². The summed E-state index contributed by atoms with van der Waals surface area (Å²) >= 11 is 5.79. The number of ketones is 1. The second kappa shape index (κ2) is 8.80. The van der Waals surface area contributed by atoms with Gasteiger partial charge in [-0.2, -0.15) is 5.10 Å². The maximum absolute atomic E-state index is 14.1. The Balaban J connectivity index is 1.47. The zero-order chi connectivity index (χ0) is 22.8. The third-order valence-electron chi connectivity index (χ3n) is 5.27. The number of aromatic nitrogens is 1. The average molecular weight is 456 g/mol. The Hall–Kier alpha value is -3.72. The number of Topliss-reactive ketones (excluding diaryl/α,β-unsaturated/α-hetero) is 1. The molecule has 1 aliphatic rings. The number of benzene rings is 2. The van der Waals surface area contributed by atoms with Gasteiger partial charge in [0.05, 0.1) is 16.2 Å². The number of amides is 3. The molecule has 8 nitrogen and oxygen atoms in total. The Kier molecular flexibility index (Phi) is 5.91. The summed E-state index contributed by atoms with van der Waals surface area (Å²) in [5.41, 5.74) is 6.64. The topological polar surface area (TPSA) is 110 Å². The Morgan fingerprint density at radius 3 is 2.75 bits per heavy atom. The van der Waals surface area contributed by atoms with Crippen LogP contribution in [0, 0.1) is 5.82 Å². The van der Waals surface area contributed by atoms with Gasteiger partial charge in [-0.25, -0.2) is 19.0 Å². The van der Waals surface area contributed by atoms with Crippen LogP contribution in [-0.2, 0) is 11.2 Å². The van der Waals surface area contributed by atoms with Crippen molar-refractivity contribution in [3.63, 3.8) is 0 Å². The third kappa shape index (κ3) is 4.06. The van der Waals surface area contributed by atoms with Gasteiger partial charge in [0, 0.05) is 30.6 Å². The third-order valence-corrected chi connectivity index (χ3v) is 5.56. The average Bonchev–Trinajstić information content (AvgIpc) is 3.40. The Morgan fingerprint density at radius 1 is 1.19 bits per heavy atom. The van der Waals surface area contributed by atoms with Crippen molar-refractivity contribution < 1.29 is 18.8 Å². The van der Waals surface area contributed by atoms with E-state index in [1.54, 1.807) is 36.4 Å². The second-order valence-corrected chi connectivity index (χ2v) is 7.68. The van der Waals surface area contributed by atoms with Gasteiger partial charge in [-0.3, -0.25) is 9.36 Å². The van der Waals surface area contributed by atoms with Gasteiger partial charge in [0.1, 0.15) is 11.9 Å². The minimum atomic E-state index is -0.804. The molecule has 164 valence electrons. The molecule has 1 atom stereocenters. The zero-order valence-corrected chi connectivity index (χ0v) is 17.6. The van der Waals surface area contributed by atoms with Crippen molar-refractivity contribution in [2.75, 3.05) is 5.32 Å². The summed E-state index contributed by atoms with van der Waals surface area (Å²) in [5.74, 6) is -0.804. The lowest BCUT2D eigenvalue weighted by Crippen LogP contribution is -2.41. The number of hydrogen-bond acceptors (Lipinski definition) is 4.